The predicted molar refractivity (Wildman–Crippen MR) is 63.4 cm³/mol. The maximum absolute atomic E-state index is 11.6. The van der Waals surface area contributed by atoms with Crippen LogP contribution in [-0.2, 0) is 9.84 Å². The van der Waals surface area contributed by atoms with Gasteiger partial charge < -0.3 is 11.1 Å². The van der Waals surface area contributed by atoms with Crippen LogP contribution in [0.4, 0.5) is 5.13 Å². The molecule has 1 aliphatic rings. The van der Waals surface area contributed by atoms with Crippen molar-refractivity contribution in [2.75, 3.05) is 23.8 Å². The summed E-state index contributed by atoms with van der Waals surface area (Å²) in [6.07, 6.45) is 0.598. The summed E-state index contributed by atoms with van der Waals surface area (Å²) in [6, 6.07) is 0. The zero-order chi connectivity index (χ0) is 12.5. The number of rotatable bonds is 3. The van der Waals surface area contributed by atoms with Gasteiger partial charge in [-0.2, -0.15) is 0 Å². The second kappa shape index (κ2) is 4.57. The smallest absolute Gasteiger partial charge is 0.282 e. The molecule has 2 rings (SSSR count). The fourth-order valence-electron chi connectivity index (χ4n) is 1.67. The van der Waals surface area contributed by atoms with Crippen molar-refractivity contribution in [3.8, 4) is 0 Å². The molecule has 1 aliphatic heterocycles. The number of hydrogen-bond acceptors (Lipinski definition) is 7. The Morgan fingerprint density at radius 1 is 1.53 bits per heavy atom. The number of nitrogen functional groups attached to an aromatic ring is 1. The third-order valence-electron chi connectivity index (χ3n) is 2.51. The Labute approximate surface area is 102 Å². The van der Waals surface area contributed by atoms with Crippen LogP contribution in [0.5, 0.6) is 0 Å². The van der Waals surface area contributed by atoms with Gasteiger partial charge in [-0.3, -0.25) is 4.79 Å². The molecule has 94 valence electrons. The van der Waals surface area contributed by atoms with Gasteiger partial charge in [0.2, 0.25) is 10.1 Å². The van der Waals surface area contributed by atoms with E-state index in [1.54, 1.807) is 0 Å². The van der Waals surface area contributed by atoms with E-state index in [9.17, 15) is 13.2 Å². The number of carbonyl (C=O) groups excluding carboxylic acids is 1. The predicted octanol–water partition coefficient (Wildman–Crippen LogP) is -0.715. The molecule has 1 fully saturated rings. The van der Waals surface area contributed by atoms with Crippen molar-refractivity contribution in [3.05, 3.63) is 5.01 Å². The summed E-state index contributed by atoms with van der Waals surface area (Å²) in [5, 5.41) is 10.2. The number of amides is 1. The summed E-state index contributed by atoms with van der Waals surface area (Å²) >= 11 is 1.00. The molecule has 1 aromatic rings. The van der Waals surface area contributed by atoms with Gasteiger partial charge >= 0.3 is 0 Å². The lowest BCUT2D eigenvalue weighted by atomic mass is 10.1. The second-order valence-corrected chi connectivity index (χ2v) is 7.16. The van der Waals surface area contributed by atoms with Gasteiger partial charge in [-0.25, -0.2) is 8.42 Å². The molecule has 0 aliphatic carbocycles. The number of nitrogens with one attached hydrogen (secondary N) is 1. The van der Waals surface area contributed by atoms with E-state index in [-0.39, 0.29) is 33.5 Å². The lowest BCUT2D eigenvalue weighted by Gasteiger charge is -2.07. The van der Waals surface area contributed by atoms with Crippen LogP contribution >= 0.6 is 11.3 Å². The van der Waals surface area contributed by atoms with E-state index in [0.29, 0.717) is 13.0 Å². The Morgan fingerprint density at radius 3 is 2.82 bits per heavy atom. The fourth-order valence-corrected chi connectivity index (χ4v) is 4.06. The summed E-state index contributed by atoms with van der Waals surface area (Å²) in [5.41, 5.74) is 5.36. The average Bonchev–Trinajstić information content (AvgIpc) is 2.81. The first kappa shape index (κ1) is 12.2. The molecule has 1 atom stereocenters. The van der Waals surface area contributed by atoms with Crippen molar-refractivity contribution in [1.29, 1.82) is 0 Å². The zero-order valence-electron chi connectivity index (χ0n) is 8.92. The van der Waals surface area contributed by atoms with Gasteiger partial charge in [-0.05, 0) is 12.3 Å². The average molecular weight is 276 g/mol. The number of hydrogen-bond donors (Lipinski definition) is 2. The molecule has 0 aromatic carbocycles. The first-order valence-corrected chi connectivity index (χ1v) is 7.68. The van der Waals surface area contributed by atoms with E-state index in [0.717, 1.165) is 11.3 Å². The minimum absolute atomic E-state index is 0.00535. The van der Waals surface area contributed by atoms with Gasteiger partial charge in [-0.1, -0.05) is 11.3 Å². The molecule has 17 heavy (non-hydrogen) atoms. The Morgan fingerprint density at radius 2 is 2.29 bits per heavy atom. The van der Waals surface area contributed by atoms with Crippen LogP contribution in [0.3, 0.4) is 0 Å². The number of sulfone groups is 1. The van der Waals surface area contributed by atoms with Crippen LogP contribution in [0, 0.1) is 5.92 Å². The molecule has 9 heteroatoms. The molecular weight excluding hydrogens is 264 g/mol. The lowest BCUT2D eigenvalue weighted by molar-refractivity contribution is 0.0947. The van der Waals surface area contributed by atoms with E-state index in [1.165, 1.54) is 0 Å². The molecular formula is C8H12N4O3S2. The molecule has 1 saturated heterocycles. The maximum Gasteiger partial charge on any atom is 0.282 e. The number of aromatic nitrogens is 2. The highest BCUT2D eigenvalue weighted by atomic mass is 32.2. The lowest BCUT2D eigenvalue weighted by Crippen LogP contribution is -2.29. The monoisotopic (exact) mass is 276 g/mol. The molecule has 0 saturated carbocycles. The number of nitrogens with zero attached hydrogens (tertiary/aromatic N) is 2. The molecule has 0 bridgehead atoms. The molecule has 0 radical (unpaired) electrons. The summed E-state index contributed by atoms with van der Waals surface area (Å²) in [7, 11) is -2.90. The molecule has 1 unspecified atom stereocenters. The van der Waals surface area contributed by atoms with Gasteiger partial charge in [0, 0.05) is 6.54 Å². The second-order valence-electron chi connectivity index (χ2n) is 3.92. The Hall–Kier alpha value is -1.22. The van der Waals surface area contributed by atoms with E-state index >= 15 is 0 Å². The zero-order valence-corrected chi connectivity index (χ0v) is 10.6. The minimum Gasteiger partial charge on any atom is -0.374 e. The van der Waals surface area contributed by atoms with E-state index < -0.39 is 9.84 Å². The first-order chi connectivity index (χ1) is 7.96. The number of anilines is 1. The molecule has 0 spiro atoms. The summed E-state index contributed by atoms with van der Waals surface area (Å²) in [4.78, 5) is 11.6. The van der Waals surface area contributed by atoms with Gasteiger partial charge in [0.15, 0.2) is 9.84 Å². The SMILES string of the molecule is Nc1nnc(C(=O)NCC2CCS(=O)(=O)C2)s1. The quantitative estimate of drug-likeness (QED) is 0.753. The number of nitrogens with two attached hydrogens (primary N) is 1. The normalized spacial score (nSPS) is 22.5. The summed E-state index contributed by atoms with van der Waals surface area (Å²) < 4.78 is 22.4. The van der Waals surface area contributed by atoms with Crippen molar-refractivity contribution in [2.24, 2.45) is 5.92 Å². The van der Waals surface area contributed by atoms with Gasteiger partial charge in [0.1, 0.15) is 0 Å². The third-order valence-corrected chi connectivity index (χ3v) is 5.10. The van der Waals surface area contributed by atoms with E-state index in [2.05, 4.69) is 15.5 Å². The van der Waals surface area contributed by atoms with Crippen LogP contribution in [-0.4, -0.2) is 42.6 Å². The van der Waals surface area contributed by atoms with Crippen molar-refractivity contribution < 1.29 is 13.2 Å². The van der Waals surface area contributed by atoms with E-state index in [4.69, 9.17) is 5.73 Å². The molecule has 1 aromatic heterocycles. The van der Waals surface area contributed by atoms with Gasteiger partial charge in [0.05, 0.1) is 11.5 Å². The van der Waals surface area contributed by atoms with Crippen LogP contribution in [0.1, 0.15) is 16.2 Å². The minimum atomic E-state index is -2.90. The first-order valence-electron chi connectivity index (χ1n) is 5.04. The van der Waals surface area contributed by atoms with Crippen molar-refractivity contribution >= 4 is 32.2 Å². The van der Waals surface area contributed by atoms with E-state index in [1.807, 2.05) is 0 Å². The van der Waals surface area contributed by atoms with Crippen molar-refractivity contribution in [1.82, 2.24) is 15.5 Å². The number of carbonyl (C=O) groups is 1. The topological polar surface area (TPSA) is 115 Å². The van der Waals surface area contributed by atoms with Crippen LogP contribution in [0.2, 0.25) is 0 Å². The Balaban J connectivity index is 1.85. The van der Waals surface area contributed by atoms with Crippen molar-refractivity contribution in [2.45, 2.75) is 6.42 Å². The largest absolute Gasteiger partial charge is 0.374 e. The molecule has 2 heterocycles. The maximum atomic E-state index is 11.6. The van der Waals surface area contributed by atoms with Crippen LogP contribution in [0.25, 0.3) is 0 Å². The standard InChI is InChI=1S/C8H12N4O3S2/c9-8-12-11-7(16-8)6(13)10-3-5-1-2-17(14,15)4-5/h5H,1-4H2,(H2,9,12)(H,10,13). The van der Waals surface area contributed by atoms with Crippen LogP contribution in [0.15, 0.2) is 0 Å². The van der Waals surface area contributed by atoms with Gasteiger partial charge in [-0.15, -0.1) is 10.2 Å². The van der Waals surface area contributed by atoms with Crippen molar-refractivity contribution in [3.63, 3.8) is 0 Å². The third kappa shape index (κ3) is 3.13. The molecule has 7 nitrogen and oxygen atoms in total. The Kier molecular flexibility index (Phi) is 3.29. The Bertz CT molecular complexity index is 525. The highest BCUT2D eigenvalue weighted by Gasteiger charge is 2.28. The van der Waals surface area contributed by atoms with Gasteiger partial charge in [0.25, 0.3) is 5.91 Å². The highest BCUT2D eigenvalue weighted by Crippen LogP contribution is 2.17. The molecule has 1 amide bonds. The fraction of sp³-hybridized carbons (Fsp3) is 0.625. The summed E-state index contributed by atoms with van der Waals surface area (Å²) in [5.74, 6) is -0.0112. The van der Waals surface area contributed by atoms with Crippen LogP contribution < -0.4 is 11.1 Å². The molecule has 3 N–H and O–H groups in total. The summed E-state index contributed by atoms with van der Waals surface area (Å²) in [6.45, 7) is 0.345. The highest BCUT2D eigenvalue weighted by molar-refractivity contribution is 7.91.